The number of nitrogen functional groups attached to an aromatic ring is 1. The minimum atomic E-state index is 0.328. The van der Waals surface area contributed by atoms with Crippen molar-refractivity contribution >= 4 is 11.5 Å². The van der Waals surface area contributed by atoms with Gasteiger partial charge < -0.3 is 20.7 Å². The first kappa shape index (κ1) is 17.6. The molecule has 0 bridgehead atoms. The van der Waals surface area contributed by atoms with E-state index in [1.807, 2.05) is 12.1 Å². The van der Waals surface area contributed by atoms with Gasteiger partial charge in [0.2, 0.25) is 5.88 Å². The molecule has 120 valence electrons. The maximum Gasteiger partial charge on any atom is 0.239 e. The molecule has 0 amide bonds. The molecule has 0 saturated heterocycles. The van der Waals surface area contributed by atoms with E-state index in [-0.39, 0.29) is 0 Å². The fourth-order valence-corrected chi connectivity index (χ4v) is 1.90. The summed E-state index contributed by atoms with van der Waals surface area (Å²) in [5.74, 6) is 2.27. The van der Waals surface area contributed by atoms with Crippen LogP contribution in [0.3, 0.4) is 0 Å². The van der Waals surface area contributed by atoms with Crippen molar-refractivity contribution in [2.45, 2.75) is 33.7 Å². The van der Waals surface area contributed by atoms with Crippen LogP contribution in [0.2, 0.25) is 0 Å². The SMILES string of the molecule is CC(C)COc1nc(NC(CN(C)C)C(C)C)ccc1N. The normalized spacial score (nSPS) is 13.0. The second kappa shape index (κ2) is 8.08. The van der Waals surface area contributed by atoms with Crippen LogP contribution in [0.15, 0.2) is 12.1 Å². The number of hydrogen-bond acceptors (Lipinski definition) is 5. The monoisotopic (exact) mass is 294 g/mol. The molecule has 3 N–H and O–H groups in total. The predicted octanol–water partition coefficient (Wildman–Crippen LogP) is 2.70. The largest absolute Gasteiger partial charge is 0.476 e. The first-order valence-corrected chi connectivity index (χ1v) is 7.60. The number of nitrogens with two attached hydrogens (primary N) is 1. The summed E-state index contributed by atoms with van der Waals surface area (Å²) in [5.41, 5.74) is 6.50. The van der Waals surface area contributed by atoms with Crippen molar-refractivity contribution in [1.29, 1.82) is 0 Å². The zero-order valence-electron chi connectivity index (χ0n) is 14.2. The van der Waals surface area contributed by atoms with E-state index >= 15 is 0 Å². The molecule has 1 heterocycles. The Morgan fingerprint density at radius 2 is 1.90 bits per heavy atom. The quantitative estimate of drug-likeness (QED) is 0.772. The summed E-state index contributed by atoms with van der Waals surface area (Å²) in [5, 5.41) is 3.48. The highest BCUT2D eigenvalue weighted by Gasteiger charge is 2.15. The molecule has 1 rings (SSSR count). The average Bonchev–Trinajstić information content (AvgIpc) is 2.37. The molecule has 1 unspecified atom stereocenters. The maximum absolute atomic E-state index is 5.92. The predicted molar refractivity (Wildman–Crippen MR) is 89.8 cm³/mol. The molecule has 5 heteroatoms. The first-order chi connectivity index (χ1) is 9.79. The minimum Gasteiger partial charge on any atom is -0.476 e. The Kier molecular flexibility index (Phi) is 6.75. The lowest BCUT2D eigenvalue weighted by Gasteiger charge is -2.26. The number of hydrogen-bond donors (Lipinski definition) is 2. The molecule has 0 saturated carbocycles. The average molecular weight is 294 g/mol. The summed E-state index contributed by atoms with van der Waals surface area (Å²) < 4.78 is 5.68. The Morgan fingerprint density at radius 1 is 1.24 bits per heavy atom. The Hall–Kier alpha value is -1.49. The molecule has 21 heavy (non-hydrogen) atoms. The number of ether oxygens (including phenoxy) is 1. The Morgan fingerprint density at radius 3 is 2.43 bits per heavy atom. The van der Waals surface area contributed by atoms with E-state index in [0.29, 0.717) is 36.1 Å². The van der Waals surface area contributed by atoms with Gasteiger partial charge in [-0.05, 0) is 38.1 Å². The third-order valence-electron chi connectivity index (χ3n) is 3.14. The molecule has 0 fully saturated rings. The molecule has 1 aromatic rings. The molecule has 1 aromatic heterocycles. The van der Waals surface area contributed by atoms with Crippen LogP contribution in [0, 0.1) is 11.8 Å². The summed E-state index contributed by atoms with van der Waals surface area (Å²) in [6.07, 6.45) is 0. The zero-order chi connectivity index (χ0) is 16.0. The van der Waals surface area contributed by atoms with E-state index in [9.17, 15) is 0 Å². The van der Waals surface area contributed by atoms with Crippen molar-refractivity contribution < 1.29 is 4.74 Å². The van der Waals surface area contributed by atoms with Gasteiger partial charge in [-0.15, -0.1) is 0 Å². The number of pyridine rings is 1. The number of nitrogens with one attached hydrogen (secondary N) is 1. The van der Waals surface area contributed by atoms with E-state index in [0.717, 1.165) is 12.4 Å². The number of anilines is 2. The first-order valence-electron chi connectivity index (χ1n) is 7.60. The molecule has 0 spiro atoms. The van der Waals surface area contributed by atoms with E-state index < -0.39 is 0 Å². The van der Waals surface area contributed by atoms with E-state index in [1.54, 1.807) is 0 Å². The second-order valence-corrected chi connectivity index (χ2v) is 6.55. The topological polar surface area (TPSA) is 63.4 Å². The van der Waals surface area contributed by atoms with Gasteiger partial charge in [0.1, 0.15) is 5.82 Å². The highest BCUT2D eigenvalue weighted by molar-refractivity contribution is 5.53. The van der Waals surface area contributed by atoms with E-state index in [2.05, 4.69) is 57.0 Å². The lowest BCUT2D eigenvalue weighted by Crippen LogP contribution is -2.36. The number of aromatic nitrogens is 1. The smallest absolute Gasteiger partial charge is 0.239 e. The fourth-order valence-electron chi connectivity index (χ4n) is 1.90. The lowest BCUT2D eigenvalue weighted by molar-refractivity contribution is 0.263. The standard InChI is InChI=1S/C16H30N4O/c1-11(2)10-21-16-13(17)7-8-15(19-16)18-14(12(3)4)9-20(5)6/h7-8,11-12,14H,9-10,17H2,1-6H3,(H,18,19). The van der Waals surface area contributed by atoms with Crippen LogP contribution in [-0.4, -0.2) is 43.2 Å². The van der Waals surface area contributed by atoms with Crippen molar-refractivity contribution in [2.24, 2.45) is 11.8 Å². The van der Waals surface area contributed by atoms with Gasteiger partial charge in [0.25, 0.3) is 0 Å². The van der Waals surface area contributed by atoms with Gasteiger partial charge in [-0.1, -0.05) is 27.7 Å². The summed E-state index contributed by atoms with van der Waals surface area (Å²) in [6, 6.07) is 4.08. The molecular formula is C16H30N4O. The summed E-state index contributed by atoms with van der Waals surface area (Å²) in [6.45, 7) is 10.2. The Labute approximate surface area is 128 Å². The Balaban J connectivity index is 2.80. The third-order valence-corrected chi connectivity index (χ3v) is 3.14. The molecule has 1 atom stereocenters. The highest BCUT2D eigenvalue weighted by Crippen LogP contribution is 2.22. The van der Waals surface area contributed by atoms with Gasteiger partial charge in [-0.25, -0.2) is 0 Å². The van der Waals surface area contributed by atoms with Crippen LogP contribution in [0.5, 0.6) is 5.88 Å². The molecule has 0 aliphatic carbocycles. The molecule has 0 radical (unpaired) electrons. The molecule has 0 aromatic carbocycles. The van der Waals surface area contributed by atoms with Crippen LogP contribution in [0.4, 0.5) is 11.5 Å². The molecule has 5 nitrogen and oxygen atoms in total. The van der Waals surface area contributed by atoms with Gasteiger partial charge in [0, 0.05) is 12.6 Å². The van der Waals surface area contributed by atoms with Crippen LogP contribution in [-0.2, 0) is 0 Å². The summed E-state index contributed by atoms with van der Waals surface area (Å²) >= 11 is 0. The lowest BCUT2D eigenvalue weighted by atomic mass is 10.0. The summed E-state index contributed by atoms with van der Waals surface area (Å²) in [4.78, 5) is 6.67. The van der Waals surface area contributed by atoms with Crippen LogP contribution >= 0.6 is 0 Å². The van der Waals surface area contributed by atoms with Crippen molar-refractivity contribution in [3.05, 3.63) is 12.1 Å². The number of likely N-dealkylation sites (N-methyl/N-ethyl adjacent to an activating group) is 1. The molecule has 0 aliphatic heterocycles. The van der Waals surface area contributed by atoms with Crippen molar-refractivity contribution in [3.63, 3.8) is 0 Å². The van der Waals surface area contributed by atoms with Crippen LogP contribution in [0.25, 0.3) is 0 Å². The van der Waals surface area contributed by atoms with E-state index in [4.69, 9.17) is 10.5 Å². The minimum absolute atomic E-state index is 0.328. The van der Waals surface area contributed by atoms with Gasteiger partial charge >= 0.3 is 0 Å². The van der Waals surface area contributed by atoms with Crippen LogP contribution in [0.1, 0.15) is 27.7 Å². The number of nitrogens with zero attached hydrogens (tertiary/aromatic N) is 2. The van der Waals surface area contributed by atoms with Gasteiger partial charge in [-0.3, -0.25) is 0 Å². The third kappa shape index (κ3) is 6.21. The fraction of sp³-hybridized carbons (Fsp3) is 0.688. The van der Waals surface area contributed by atoms with Crippen molar-refractivity contribution in [1.82, 2.24) is 9.88 Å². The number of rotatable bonds is 8. The van der Waals surface area contributed by atoms with Gasteiger partial charge in [0.15, 0.2) is 0 Å². The van der Waals surface area contributed by atoms with E-state index in [1.165, 1.54) is 0 Å². The summed E-state index contributed by atoms with van der Waals surface area (Å²) in [7, 11) is 4.15. The van der Waals surface area contributed by atoms with Crippen LogP contribution < -0.4 is 15.8 Å². The maximum atomic E-state index is 5.92. The molecular weight excluding hydrogens is 264 g/mol. The van der Waals surface area contributed by atoms with Crippen molar-refractivity contribution in [2.75, 3.05) is 38.3 Å². The van der Waals surface area contributed by atoms with Gasteiger partial charge in [0.05, 0.1) is 12.3 Å². The Bertz CT molecular complexity index is 432. The van der Waals surface area contributed by atoms with Gasteiger partial charge in [-0.2, -0.15) is 4.98 Å². The zero-order valence-corrected chi connectivity index (χ0v) is 14.2. The highest BCUT2D eigenvalue weighted by atomic mass is 16.5. The van der Waals surface area contributed by atoms with Crippen molar-refractivity contribution in [3.8, 4) is 5.88 Å². The second-order valence-electron chi connectivity index (χ2n) is 6.55. The molecule has 0 aliphatic rings.